The summed E-state index contributed by atoms with van der Waals surface area (Å²) in [5.41, 5.74) is 2.63. The molecule has 0 saturated heterocycles. The lowest BCUT2D eigenvalue weighted by Crippen LogP contribution is -2.11. The number of ether oxygens (including phenoxy) is 1. The number of carboxylic acid groups (broad SMARTS) is 1. The van der Waals surface area contributed by atoms with Gasteiger partial charge in [-0.25, -0.2) is 0 Å². The summed E-state index contributed by atoms with van der Waals surface area (Å²) in [6.07, 6.45) is 4.32. The minimum atomic E-state index is -0.702. The fourth-order valence-corrected chi connectivity index (χ4v) is 4.72. The molecule has 0 bridgehead atoms. The van der Waals surface area contributed by atoms with Gasteiger partial charge in [-0.15, -0.1) is 0 Å². The summed E-state index contributed by atoms with van der Waals surface area (Å²) in [7, 11) is 0. The van der Waals surface area contributed by atoms with E-state index in [-0.39, 0.29) is 18.1 Å². The van der Waals surface area contributed by atoms with E-state index >= 15 is 0 Å². The van der Waals surface area contributed by atoms with Crippen molar-refractivity contribution in [2.75, 3.05) is 0 Å². The number of carbonyl (C=O) groups is 1. The predicted octanol–water partition coefficient (Wildman–Crippen LogP) is 6.22. The summed E-state index contributed by atoms with van der Waals surface area (Å²) in [4.78, 5) is 15.9. The van der Waals surface area contributed by atoms with Crippen molar-refractivity contribution < 1.29 is 19.2 Å². The second kappa shape index (κ2) is 8.56. The first-order chi connectivity index (χ1) is 15.9. The van der Waals surface area contributed by atoms with Crippen molar-refractivity contribution in [2.24, 2.45) is 5.92 Å². The van der Waals surface area contributed by atoms with Crippen LogP contribution in [0, 0.1) is 5.92 Å². The highest BCUT2D eigenvalue weighted by Crippen LogP contribution is 2.38. The molecule has 170 valence electrons. The summed E-state index contributed by atoms with van der Waals surface area (Å²) in [5, 5.41) is 15.0. The molecule has 1 fully saturated rings. The molecular weight excluding hydrogens is 442 g/mol. The molecular formula is C25H24ClN3O4. The maximum Gasteiger partial charge on any atom is 0.306 e. The molecule has 2 aromatic carbocycles. The van der Waals surface area contributed by atoms with Gasteiger partial charge in [-0.3, -0.25) is 4.79 Å². The molecule has 4 aromatic rings. The monoisotopic (exact) mass is 465 g/mol. The van der Waals surface area contributed by atoms with Gasteiger partial charge in [0.05, 0.1) is 17.0 Å². The molecule has 8 heteroatoms. The van der Waals surface area contributed by atoms with Gasteiger partial charge in [0.1, 0.15) is 5.75 Å². The average Bonchev–Trinajstić information content (AvgIpc) is 3.53. The molecule has 0 radical (unpaired) electrons. The number of carboxylic acids is 1. The lowest BCUT2D eigenvalue weighted by molar-refractivity contribution is -0.141. The third-order valence-electron chi connectivity index (χ3n) is 6.09. The summed E-state index contributed by atoms with van der Waals surface area (Å²) >= 11 is 6.35. The van der Waals surface area contributed by atoms with Crippen LogP contribution in [0.1, 0.15) is 39.2 Å². The largest absolute Gasteiger partial charge is 0.489 e. The van der Waals surface area contributed by atoms with Gasteiger partial charge in [0.25, 0.3) is 5.89 Å². The van der Waals surface area contributed by atoms with E-state index in [4.69, 9.17) is 20.9 Å². The van der Waals surface area contributed by atoms with Crippen LogP contribution in [-0.2, 0) is 4.79 Å². The van der Waals surface area contributed by atoms with Crippen LogP contribution in [-0.4, -0.2) is 31.9 Å². The Morgan fingerprint density at radius 2 is 2.00 bits per heavy atom. The molecule has 0 aliphatic heterocycles. The number of aromatic nitrogens is 3. The van der Waals surface area contributed by atoms with E-state index in [0.29, 0.717) is 28.9 Å². The Labute approximate surface area is 195 Å². The summed E-state index contributed by atoms with van der Waals surface area (Å²) in [6, 6.07) is 13.7. The van der Waals surface area contributed by atoms with E-state index in [0.717, 1.165) is 34.9 Å². The highest BCUT2D eigenvalue weighted by atomic mass is 35.5. The van der Waals surface area contributed by atoms with Crippen LogP contribution in [0.5, 0.6) is 5.75 Å². The van der Waals surface area contributed by atoms with Crippen molar-refractivity contribution in [2.45, 2.75) is 45.3 Å². The molecule has 1 aliphatic carbocycles. The Balaban J connectivity index is 1.39. The maximum absolute atomic E-state index is 11.3. The molecule has 2 aromatic heterocycles. The van der Waals surface area contributed by atoms with Crippen molar-refractivity contribution in [3.63, 3.8) is 0 Å². The third kappa shape index (κ3) is 4.20. The number of hydrogen-bond donors (Lipinski definition) is 1. The molecule has 7 nitrogen and oxygen atoms in total. The van der Waals surface area contributed by atoms with E-state index in [1.807, 2.05) is 50.4 Å². The van der Waals surface area contributed by atoms with Crippen LogP contribution in [0.2, 0.25) is 5.02 Å². The van der Waals surface area contributed by atoms with Crippen LogP contribution < -0.4 is 4.74 Å². The van der Waals surface area contributed by atoms with Gasteiger partial charge in [-0.2, -0.15) is 4.98 Å². The van der Waals surface area contributed by atoms with Gasteiger partial charge in [-0.1, -0.05) is 16.8 Å². The van der Waals surface area contributed by atoms with E-state index in [2.05, 4.69) is 14.7 Å². The first-order valence-corrected chi connectivity index (χ1v) is 11.4. The number of hydrogen-bond acceptors (Lipinski definition) is 5. The summed E-state index contributed by atoms with van der Waals surface area (Å²) in [5.74, 6) is 0.525. The second-order valence-corrected chi connectivity index (χ2v) is 9.14. The summed E-state index contributed by atoms with van der Waals surface area (Å²) < 4.78 is 13.4. The minimum Gasteiger partial charge on any atom is -0.489 e. The first kappa shape index (κ1) is 21.5. The van der Waals surface area contributed by atoms with Gasteiger partial charge >= 0.3 is 5.97 Å². The molecule has 2 atom stereocenters. The van der Waals surface area contributed by atoms with Crippen molar-refractivity contribution in [3.8, 4) is 28.6 Å². The average molecular weight is 466 g/mol. The lowest BCUT2D eigenvalue weighted by atomic mass is 10.1. The summed E-state index contributed by atoms with van der Waals surface area (Å²) in [6.45, 7) is 3.89. The van der Waals surface area contributed by atoms with Gasteiger partial charge < -0.3 is 18.9 Å². The molecule has 5 rings (SSSR count). The maximum atomic E-state index is 11.3. The van der Waals surface area contributed by atoms with Crippen LogP contribution >= 0.6 is 11.6 Å². The smallest absolute Gasteiger partial charge is 0.306 e. The quantitative estimate of drug-likeness (QED) is 0.363. The number of rotatable bonds is 6. The highest BCUT2D eigenvalue weighted by Gasteiger charge is 2.31. The zero-order valence-corrected chi connectivity index (χ0v) is 19.1. The SMILES string of the molecule is CC(C)Oc1ccc(-c2noc(-c3ccc4c(ccn4C4CCC(C(=O)O)C4)c3)n2)cc1Cl. The second-order valence-electron chi connectivity index (χ2n) is 8.73. The number of nitrogens with zero attached hydrogens (tertiary/aromatic N) is 3. The Morgan fingerprint density at radius 3 is 2.73 bits per heavy atom. The minimum absolute atomic E-state index is 0.0298. The Bertz CT molecular complexity index is 1330. The number of fused-ring (bicyclic) bond motifs is 1. The van der Waals surface area contributed by atoms with E-state index in [1.54, 1.807) is 12.1 Å². The van der Waals surface area contributed by atoms with Crippen LogP contribution in [0.3, 0.4) is 0 Å². The fourth-order valence-electron chi connectivity index (χ4n) is 4.50. The van der Waals surface area contributed by atoms with Gasteiger partial charge in [0.15, 0.2) is 0 Å². The first-order valence-electron chi connectivity index (χ1n) is 11.0. The highest BCUT2D eigenvalue weighted by molar-refractivity contribution is 6.32. The molecule has 0 amide bonds. The van der Waals surface area contributed by atoms with E-state index in [9.17, 15) is 9.90 Å². The fraction of sp³-hybridized carbons (Fsp3) is 0.320. The van der Waals surface area contributed by atoms with Crippen molar-refractivity contribution in [1.29, 1.82) is 0 Å². The molecule has 33 heavy (non-hydrogen) atoms. The third-order valence-corrected chi connectivity index (χ3v) is 6.39. The Kier molecular flexibility index (Phi) is 5.58. The predicted molar refractivity (Wildman–Crippen MR) is 125 cm³/mol. The van der Waals surface area contributed by atoms with Gasteiger partial charge in [0.2, 0.25) is 5.82 Å². The molecule has 1 aliphatic rings. The number of benzene rings is 2. The lowest BCUT2D eigenvalue weighted by Gasteiger charge is -2.14. The van der Waals surface area contributed by atoms with Gasteiger partial charge in [-0.05, 0) is 75.6 Å². The van der Waals surface area contributed by atoms with Crippen molar-refractivity contribution in [3.05, 3.63) is 53.7 Å². The molecule has 2 heterocycles. The molecule has 2 unspecified atom stereocenters. The van der Waals surface area contributed by atoms with E-state index in [1.165, 1.54) is 0 Å². The van der Waals surface area contributed by atoms with Crippen molar-refractivity contribution in [1.82, 2.24) is 14.7 Å². The Hall–Kier alpha value is -3.32. The zero-order valence-electron chi connectivity index (χ0n) is 18.4. The number of aliphatic carboxylic acids is 1. The van der Waals surface area contributed by atoms with Crippen LogP contribution in [0.4, 0.5) is 0 Å². The van der Waals surface area contributed by atoms with Crippen LogP contribution in [0.25, 0.3) is 33.7 Å². The topological polar surface area (TPSA) is 90.4 Å². The van der Waals surface area contributed by atoms with E-state index < -0.39 is 5.97 Å². The van der Waals surface area contributed by atoms with Crippen LogP contribution in [0.15, 0.2) is 53.2 Å². The Morgan fingerprint density at radius 1 is 1.18 bits per heavy atom. The number of halogens is 1. The molecule has 1 saturated carbocycles. The molecule has 0 spiro atoms. The van der Waals surface area contributed by atoms with Gasteiger partial charge in [0, 0.05) is 34.3 Å². The zero-order chi connectivity index (χ0) is 23.1. The normalized spacial score (nSPS) is 18.3. The van der Waals surface area contributed by atoms with Crippen molar-refractivity contribution >= 4 is 28.5 Å². The standard InChI is InChI=1S/C25H24ClN3O4/c1-14(2)32-22-8-5-16(13-20(22)26)23-27-24(33-28-23)17-4-7-21-15(11-17)9-10-29(21)19-6-3-18(12-19)25(30)31/h4-5,7-11,13-14,18-19H,3,6,12H2,1-2H3,(H,30,31). The molecule has 1 N–H and O–H groups in total.